The van der Waals surface area contributed by atoms with Crippen LogP contribution in [0.3, 0.4) is 0 Å². The Hall–Kier alpha value is -2.24. The van der Waals surface area contributed by atoms with E-state index in [0.29, 0.717) is 13.0 Å². The summed E-state index contributed by atoms with van der Waals surface area (Å²) in [6.07, 6.45) is 1.38. The van der Waals surface area contributed by atoms with Crippen LogP contribution in [-0.2, 0) is 4.79 Å². The number of amides is 2. The van der Waals surface area contributed by atoms with Crippen LogP contribution in [0.25, 0.3) is 0 Å². The molecule has 1 aromatic rings. The Morgan fingerprint density at radius 2 is 2.17 bits per heavy atom. The molecule has 2 rings (SSSR count). The molecule has 0 spiro atoms. The van der Waals surface area contributed by atoms with Gasteiger partial charge in [0.25, 0.3) is 5.91 Å². The van der Waals surface area contributed by atoms with E-state index in [1.54, 1.807) is 0 Å². The van der Waals surface area contributed by atoms with Gasteiger partial charge in [0.15, 0.2) is 0 Å². The summed E-state index contributed by atoms with van der Waals surface area (Å²) in [6, 6.07) is 3.12. The van der Waals surface area contributed by atoms with Crippen LogP contribution in [0.2, 0.25) is 0 Å². The standard InChI is InChI=1S/C12H14N2O4/c15-7-3-4-8(10(16)6-7)11(17)14-9-2-1-5-13-12(9)18/h3-4,6,9,15-16H,1-2,5H2,(H,13,18)(H,14,17). The van der Waals surface area contributed by atoms with Crippen LogP contribution in [0.5, 0.6) is 11.5 Å². The van der Waals surface area contributed by atoms with Gasteiger partial charge in [0.1, 0.15) is 17.5 Å². The molecule has 1 heterocycles. The van der Waals surface area contributed by atoms with Gasteiger partial charge in [-0.2, -0.15) is 0 Å². The SMILES string of the molecule is O=C(NC1CCCNC1=O)c1ccc(O)cc1O. The fourth-order valence-corrected chi connectivity index (χ4v) is 1.86. The zero-order valence-electron chi connectivity index (χ0n) is 9.64. The Balaban J connectivity index is 2.09. The maximum absolute atomic E-state index is 11.9. The lowest BCUT2D eigenvalue weighted by Gasteiger charge is -2.22. The number of carbonyl (C=O) groups excluding carboxylic acids is 2. The van der Waals surface area contributed by atoms with E-state index in [0.717, 1.165) is 12.5 Å². The first-order valence-electron chi connectivity index (χ1n) is 5.68. The number of piperidine rings is 1. The molecule has 1 aromatic carbocycles. The lowest BCUT2D eigenvalue weighted by atomic mass is 10.1. The predicted molar refractivity (Wildman–Crippen MR) is 63.3 cm³/mol. The van der Waals surface area contributed by atoms with E-state index >= 15 is 0 Å². The highest BCUT2D eigenvalue weighted by molar-refractivity contribution is 5.99. The lowest BCUT2D eigenvalue weighted by molar-refractivity contribution is -0.124. The van der Waals surface area contributed by atoms with Crippen LogP contribution < -0.4 is 10.6 Å². The van der Waals surface area contributed by atoms with E-state index in [9.17, 15) is 14.7 Å². The maximum atomic E-state index is 11.9. The second-order valence-electron chi connectivity index (χ2n) is 4.16. The zero-order valence-corrected chi connectivity index (χ0v) is 9.64. The molecule has 1 atom stereocenters. The lowest BCUT2D eigenvalue weighted by Crippen LogP contribution is -2.50. The molecule has 1 unspecified atom stereocenters. The summed E-state index contributed by atoms with van der Waals surface area (Å²) in [5, 5.41) is 23.9. The molecular formula is C12H14N2O4. The zero-order chi connectivity index (χ0) is 13.1. The number of nitrogens with one attached hydrogen (secondary N) is 2. The molecule has 0 saturated carbocycles. The highest BCUT2D eigenvalue weighted by Crippen LogP contribution is 2.22. The van der Waals surface area contributed by atoms with Gasteiger partial charge in [-0.1, -0.05) is 0 Å². The molecule has 0 bridgehead atoms. The van der Waals surface area contributed by atoms with E-state index < -0.39 is 11.9 Å². The smallest absolute Gasteiger partial charge is 0.255 e. The number of hydrogen-bond donors (Lipinski definition) is 4. The molecule has 1 aliphatic heterocycles. The van der Waals surface area contributed by atoms with Crippen molar-refractivity contribution in [3.05, 3.63) is 23.8 Å². The van der Waals surface area contributed by atoms with E-state index in [1.165, 1.54) is 12.1 Å². The number of phenols is 2. The average molecular weight is 250 g/mol. The van der Waals surface area contributed by atoms with Gasteiger partial charge in [-0.3, -0.25) is 9.59 Å². The minimum absolute atomic E-state index is 0.0335. The molecule has 0 radical (unpaired) electrons. The first-order chi connectivity index (χ1) is 8.58. The molecule has 1 fully saturated rings. The highest BCUT2D eigenvalue weighted by atomic mass is 16.3. The molecular weight excluding hydrogens is 236 g/mol. The number of phenolic OH excluding ortho intramolecular Hbond substituents is 2. The van der Waals surface area contributed by atoms with Gasteiger partial charge in [0.2, 0.25) is 5.91 Å². The third kappa shape index (κ3) is 2.53. The Morgan fingerprint density at radius 1 is 1.39 bits per heavy atom. The fraction of sp³-hybridized carbons (Fsp3) is 0.333. The van der Waals surface area contributed by atoms with Gasteiger partial charge in [0, 0.05) is 12.6 Å². The third-order valence-electron chi connectivity index (χ3n) is 2.82. The van der Waals surface area contributed by atoms with E-state index in [2.05, 4.69) is 10.6 Å². The Morgan fingerprint density at radius 3 is 2.83 bits per heavy atom. The molecule has 0 aliphatic carbocycles. The van der Waals surface area contributed by atoms with Crippen LogP contribution in [0.1, 0.15) is 23.2 Å². The summed E-state index contributed by atoms with van der Waals surface area (Å²) in [4.78, 5) is 23.3. The fourth-order valence-electron chi connectivity index (χ4n) is 1.86. The van der Waals surface area contributed by atoms with Crippen molar-refractivity contribution in [2.75, 3.05) is 6.54 Å². The van der Waals surface area contributed by atoms with Gasteiger partial charge in [-0.25, -0.2) is 0 Å². The van der Waals surface area contributed by atoms with Gasteiger partial charge in [-0.05, 0) is 25.0 Å². The molecule has 18 heavy (non-hydrogen) atoms. The van der Waals surface area contributed by atoms with Crippen molar-refractivity contribution < 1.29 is 19.8 Å². The molecule has 96 valence electrons. The normalized spacial score (nSPS) is 19.1. The Labute approximate surface area is 104 Å². The molecule has 2 amide bonds. The van der Waals surface area contributed by atoms with Crippen molar-refractivity contribution in [1.82, 2.24) is 10.6 Å². The Bertz CT molecular complexity index is 487. The van der Waals surface area contributed by atoms with Gasteiger partial charge < -0.3 is 20.8 Å². The van der Waals surface area contributed by atoms with Crippen LogP contribution in [-0.4, -0.2) is 34.6 Å². The molecule has 0 aromatic heterocycles. The van der Waals surface area contributed by atoms with Crippen LogP contribution in [0.15, 0.2) is 18.2 Å². The second-order valence-corrected chi connectivity index (χ2v) is 4.16. The highest BCUT2D eigenvalue weighted by Gasteiger charge is 2.24. The van der Waals surface area contributed by atoms with Crippen molar-refractivity contribution in [1.29, 1.82) is 0 Å². The number of aromatic hydroxyl groups is 2. The van der Waals surface area contributed by atoms with Crippen molar-refractivity contribution >= 4 is 11.8 Å². The monoisotopic (exact) mass is 250 g/mol. The summed E-state index contributed by atoms with van der Waals surface area (Å²) in [5.74, 6) is -1.19. The van der Waals surface area contributed by atoms with E-state index in [-0.39, 0.29) is 23.0 Å². The van der Waals surface area contributed by atoms with Crippen LogP contribution in [0, 0.1) is 0 Å². The van der Waals surface area contributed by atoms with Gasteiger partial charge >= 0.3 is 0 Å². The second kappa shape index (κ2) is 4.95. The Kier molecular flexibility index (Phi) is 3.36. The summed E-state index contributed by atoms with van der Waals surface area (Å²) in [5.41, 5.74) is 0.0335. The van der Waals surface area contributed by atoms with Crippen molar-refractivity contribution in [2.24, 2.45) is 0 Å². The van der Waals surface area contributed by atoms with Crippen molar-refractivity contribution in [3.63, 3.8) is 0 Å². The number of rotatable bonds is 2. The third-order valence-corrected chi connectivity index (χ3v) is 2.82. The minimum Gasteiger partial charge on any atom is -0.508 e. The number of carbonyl (C=O) groups is 2. The molecule has 6 nitrogen and oxygen atoms in total. The topological polar surface area (TPSA) is 98.7 Å². The summed E-state index contributed by atoms with van der Waals surface area (Å²) in [7, 11) is 0. The summed E-state index contributed by atoms with van der Waals surface area (Å²) in [6.45, 7) is 0.621. The number of hydrogen-bond acceptors (Lipinski definition) is 4. The quantitative estimate of drug-likeness (QED) is 0.598. The first kappa shape index (κ1) is 12.2. The number of benzene rings is 1. The van der Waals surface area contributed by atoms with Crippen molar-refractivity contribution in [2.45, 2.75) is 18.9 Å². The minimum atomic E-state index is -0.570. The van der Waals surface area contributed by atoms with Crippen LogP contribution >= 0.6 is 0 Å². The van der Waals surface area contributed by atoms with Crippen molar-refractivity contribution in [3.8, 4) is 11.5 Å². The van der Waals surface area contributed by atoms with Crippen LogP contribution in [0.4, 0.5) is 0 Å². The largest absolute Gasteiger partial charge is 0.508 e. The average Bonchev–Trinajstić information content (AvgIpc) is 2.32. The molecule has 4 N–H and O–H groups in total. The summed E-state index contributed by atoms with van der Waals surface area (Å²) < 4.78 is 0. The maximum Gasteiger partial charge on any atom is 0.255 e. The predicted octanol–water partition coefficient (Wildman–Crippen LogP) is 0.106. The van der Waals surface area contributed by atoms with E-state index in [4.69, 9.17) is 5.11 Å². The molecule has 1 aliphatic rings. The van der Waals surface area contributed by atoms with Gasteiger partial charge in [-0.15, -0.1) is 0 Å². The summed E-state index contributed by atoms with van der Waals surface area (Å²) >= 11 is 0. The molecule has 1 saturated heterocycles. The van der Waals surface area contributed by atoms with E-state index in [1.807, 2.05) is 0 Å². The van der Waals surface area contributed by atoms with Gasteiger partial charge in [0.05, 0.1) is 5.56 Å². The molecule has 6 heteroatoms. The first-order valence-corrected chi connectivity index (χ1v) is 5.68.